The minimum Gasteiger partial charge on any atom is -0.468 e. The molecule has 0 aliphatic rings. The number of esters is 1. The summed E-state index contributed by atoms with van der Waals surface area (Å²) in [6.45, 7) is 3.67. The Kier molecular flexibility index (Phi) is 6.30. The summed E-state index contributed by atoms with van der Waals surface area (Å²) in [6, 6.07) is 7.11. The van der Waals surface area contributed by atoms with Crippen LogP contribution in [0, 0.1) is 0 Å². The maximum atomic E-state index is 12.3. The number of rotatable bonds is 6. The molecule has 0 aliphatic heterocycles. The summed E-state index contributed by atoms with van der Waals surface area (Å²) >= 11 is 4.88. The fourth-order valence-corrected chi connectivity index (χ4v) is 1.96. The van der Waals surface area contributed by atoms with Crippen LogP contribution in [-0.2, 0) is 20.7 Å². The zero-order valence-corrected chi connectivity index (χ0v) is 13.3. The van der Waals surface area contributed by atoms with Gasteiger partial charge in [-0.05, 0) is 19.4 Å². The zero-order valence-electron chi connectivity index (χ0n) is 12.5. The fourth-order valence-electron chi connectivity index (χ4n) is 1.83. The molecule has 6 heteroatoms. The summed E-state index contributed by atoms with van der Waals surface area (Å²) in [5, 5.41) is 0. The molecule has 21 heavy (non-hydrogen) atoms. The molecule has 0 aliphatic carbocycles. The standard InChI is InChI=1S/C15H20N2O3S/c1-10(2)17(9-14(19)20-3)13(18)8-11-4-6-12(7-5-11)15(16)21/h4-7,10H,8-9H2,1-3H3,(H2,16,21). The van der Waals surface area contributed by atoms with Crippen LogP contribution >= 0.6 is 12.2 Å². The van der Waals surface area contributed by atoms with Gasteiger partial charge in [0.25, 0.3) is 0 Å². The van der Waals surface area contributed by atoms with E-state index in [9.17, 15) is 9.59 Å². The SMILES string of the molecule is COC(=O)CN(C(=O)Cc1ccc(C(N)=S)cc1)C(C)C. The highest BCUT2D eigenvalue weighted by Gasteiger charge is 2.20. The van der Waals surface area contributed by atoms with Crippen LogP contribution in [0.1, 0.15) is 25.0 Å². The average molecular weight is 308 g/mol. The van der Waals surface area contributed by atoms with Crippen molar-refractivity contribution in [1.29, 1.82) is 0 Å². The van der Waals surface area contributed by atoms with E-state index in [1.54, 1.807) is 12.1 Å². The summed E-state index contributed by atoms with van der Waals surface area (Å²) in [7, 11) is 1.31. The first-order valence-electron chi connectivity index (χ1n) is 6.60. The summed E-state index contributed by atoms with van der Waals surface area (Å²) in [5.41, 5.74) is 7.13. The molecule has 0 heterocycles. The van der Waals surface area contributed by atoms with Crippen LogP contribution in [0.4, 0.5) is 0 Å². The molecular weight excluding hydrogens is 288 g/mol. The van der Waals surface area contributed by atoms with Gasteiger partial charge < -0.3 is 15.4 Å². The van der Waals surface area contributed by atoms with Gasteiger partial charge in [0, 0.05) is 11.6 Å². The van der Waals surface area contributed by atoms with Gasteiger partial charge >= 0.3 is 5.97 Å². The molecule has 1 aromatic carbocycles. The Morgan fingerprint density at radius 2 is 1.86 bits per heavy atom. The molecule has 0 saturated carbocycles. The fraction of sp³-hybridized carbons (Fsp3) is 0.400. The minimum atomic E-state index is -0.430. The number of methoxy groups -OCH3 is 1. The van der Waals surface area contributed by atoms with Crippen molar-refractivity contribution in [3.8, 4) is 0 Å². The van der Waals surface area contributed by atoms with Gasteiger partial charge in [0.15, 0.2) is 0 Å². The lowest BCUT2D eigenvalue weighted by atomic mass is 10.1. The van der Waals surface area contributed by atoms with Gasteiger partial charge in [0.05, 0.1) is 13.5 Å². The molecule has 0 spiro atoms. The molecule has 0 unspecified atom stereocenters. The normalized spacial score (nSPS) is 10.3. The molecule has 0 bridgehead atoms. The van der Waals surface area contributed by atoms with Crippen LogP contribution in [-0.4, -0.2) is 41.5 Å². The lowest BCUT2D eigenvalue weighted by Gasteiger charge is -2.25. The van der Waals surface area contributed by atoms with Crippen molar-refractivity contribution in [3.05, 3.63) is 35.4 Å². The van der Waals surface area contributed by atoms with Crippen molar-refractivity contribution in [2.75, 3.05) is 13.7 Å². The molecule has 2 N–H and O–H groups in total. The highest BCUT2D eigenvalue weighted by atomic mass is 32.1. The second-order valence-electron chi connectivity index (χ2n) is 4.93. The quantitative estimate of drug-likeness (QED) is 0.633. The second kappa shape index (κ2) is 7.73. The highest BCUT2D eigenvalue weighted by molar-refractivity contribution is 7.80. The topological polar surface area (TPSA) is 72.6 Å². The van der Waals surface area contributed by atoms with E-state index in [2.05, 4.69) is 4.74 Å². The first-order valence-corrected chi connectivity index (χ1v) is 7.01. The van der Waals surface area contributed by atoms with Gasteiger partial charge in [-0.2, -0.15) is 0 Å². The number of carbonyl (C=O) groups is 2. The third kappa shape index (κ3) is 5.15. The minimum absolute atomic E-state index is 0.0437. The van der Waals surface area contributed by atoms with Crippen LogP contribution in [0.15, 0.2) is 24.3 Å². The van der Waals surface area contributed by atoms with Gasteiger partial charge in [0.1, 0.15) is 11.5 Å². The predicted molar refractivity (Wildman–Crippen MR) is 84.9 cm³/mol. The van der Waals surface area contributed by atoms with E-state index in [0.717, 1.165) is 11.1 Å². The van der Waals surface area contributed by atoms with E-state index >= 15 is 0 Å². The van der Waals surface area contributed by atoms with Gasteiger partial charge in [0.2, 0.25) is 5.91 Å². The lowest BCUT2D eigenvalue weighted by molar-refractivity contribution is -0.148. The Labute approximate surface area is 130 Å². The molecule has 114 valence electrons. The average Bonchev–Trinajstić information content (AvgIpc) is 2.44. The number of amides is 1. The summed E-state index contributed by atoms with van der Waals surface area (Å²) < 4.78 is 4.61. The molecule has 1 aromatic rings. The zero-order chi connectivity index (χ0) is 16.0. The van der Waals surface area contributed by atoms with Crippen molar-refractivity contribution >= 4 is 29.1 Å². The Morgan fingerprint density at radius 1 is 1.29 bits per heavy atom. The number of ether oxygens (including phenoxy) is 1. The van der Waals surface area contributed by atoms with Crippen LogP contribution in [0.5, 0.6) is 0 Å². The van der Waals surface area contributed by atoms with Crippen molar-refractivity contribution in [1.82, 2.24) is 4.90 Å². The Balaban J connectivity index is 2.76. The van der Waals surface area contributed by atoms with Gasteiger partial charge in [-0.3, -0.25) is 9.59 Å². The number of nitrogens with zero attached hydrogens (tertiary/aromatic N) is 1. The third-order valence-electron chi connectivity index (χ3n) is 3.06. The molecule has 0 radical (unpaired) electrons. The Morgan fingerprint density at radius 3 is 2.29 bits per heavy atom. The molecule has 1 rings (SSSR count). The van der Waals surface area contributed by atoms with Gasteiger partial charge in [-0.25, -0.2) is 0 Å². The van der Waals surface area contributed by atoms with E-state index in [0.29, 0.717) is 4.99 Å². The highest BCUT2D eigenvalue weighted by Crippen LogP contribution is 2.09. The van der Waals surface area contributed by atoms with Crippen LogP contribution in [0.3, 0.4) is 0 Å². The molecule has 0 atom stereocenters. The maximum Gasteiger partial charge on any atom is 0.325 e. The van der Waals surface area contributed by atoms with E-state index in [1.165, 1.54) is 12.0 Å². The maximum absolute atomic E-state index is 12.3. The number of hydrogen-bond donors (Lipinski definition) is 1. The monoisotopic (exact) mass is 308 g/mol. The summed E-state index contributed by atoms with van der Waals surface area (Å²) in [4.78, 5) is 25.5. The first-order chi connectivity index (χ1) is 9.85. The summed E-state index contributed by atoms with van der Waals surface area (Å²) in [5.74, 6) is -0.556. The first kappa shape index (κ1) is 17.1. The number of hydrogen-bond acceptors (Lipinski definition) is 4. The van der Waals surface area contributed by atoms with Gasteiger partial charge in [-0.1, -0.05) is 36.5 Å². The second-order valence-corrected chi connectivity index (χ2v) is 5.37. The van der Waals surface area contributed by atoms with Crippen molar-refractivity contribution in [3.63, 3.8) is 0 Å². The van der Waals surface area contributed by atoms with E-state index in [-0.39, 0.29) is 24.9 Å². The van der Waals surface area contributed by atoms with E-state index in [4.69, 9.17) is 18.0 Å². The number of nitrogens with two attached hydrogens (primary N) is 1. The van der Waals surface area contributed by atoms with Crippen molar-refractivity contribution in [2.24, 2.45) is 5.73 Å². The largest absolute Gasteiger partial charge is 0.468 e. The lowest BCUT2D eigenvalue weighted by Crippen LogP contribution is -2.41. The molecule has 0 aromatic heterocycles. The van der Waals surface area contributed by atoms with Gasteiger partial charge in [-0.15, -0.1) is 0 Å². The van der Waals surface area contributed by atoms with E-state index in [1.807, 2.05) is 26.0 Å². The molecular formula is C15H20N2O3S. The summed E-state index contributed by atoms with van der Waals surface area (Å²) in [6.07, 6.45) is 0.215. The number of benzene rings is 1. The van der Waals surface area contributed by atoms with Crippen molar-refractivity contribution < 1.29 is 14.3 Å². The Bertz CT molecular complexity index is 526. The van der Waals surface area contributed by atoms with Crippen LogP contribution in [0.2, 0.25) is 0 Å². The van der Waals surface area contributed by atoms with Crippen LogP contribution in [0.25, 0.3) is 0 Å². The smallest absolute Gasteiger partial charge is 0.325 e. The number of carbonyl (C=O) groups excluding carboxylic acids is 2. The molecule has 1 amide bonds. The number of thiocarbonyl (C=S) groups is 1. The third-order valence-corrected chi connectivity index (χ3v) is 3.30. The predicted octanol–water partition coefficient (Wildman–Crippen LogP) is 1.27. The molecule has 5 nitrogen and oxygen atoms in total. The van der Waals surface area contributed by atoms with Crippen LogP contribution < -0.4 is 5.73 Å². The molecule has 0 fully saturated rings. The van der Waals surface area contributed by atoms with Crippen molar-refractivity contribution in [2.45, 2.75) is 26.3 Å². The molecule has 0 saturated heterocycles. The Hall–Kier alpha value is -1.95. The van der Waals surface area contributed by atoms with E-state index < -0.39 is 5.97 Å².